The Morgan fingerprint density at radius 2 is 1.86 bits per heavy atom. The quantitative estimate of drug-likeness (QED) is 0.474. The summed E-state index contributed by atoms with van der Waals surface area (Å²) in [6.07, 6.45) is 20.8. The van der Waals surface area contributed by atoms with Gasteiger partial charge in [0.2, 0.25) is 0 Å². The summed E-state index contributed by atoms with van der Waals surface area (Å²) in [5, 5.41) is 0. The first-order chi connectivity index (χ1) is 10.5. The minimum Gasteiger partial charge on any atom is -0.0961 e. The molecule has 2 rings (SSSR count). The van der Waals surface area contributed by atoms with Crippen LogP contribution in [0, 0.1) is 17.8 Å². The Hall–Kier alpha value is -1.30. The predicted molar refractivity (Wildman–Crippen MR) is 98.8 cm³/mol. The minimum absolute atomic E-state index is 0.701. The SMILES string of the molecule is C=C(C)/C=C\C(=C)C1CCC(CCC2C=CC(C)=CC2)CC1. The summed E-state index contributed by atoms with van der Waals surface area (Å²) in [5.74, 6) is 2.43. The van der Waals surface area contributed by atoms with Crippen molar-refractivity contribution in [3.05, 3.63) is 60.3 Å². The molecule has 120 valence electrons. The van der Waals surface area contributed by atoms with E-state index in [9.17, 15) is 0 Å². The van der Waals surface area contributed by atoms with Crippen molar-refractivity contribution >= 4 is 0 Å². The van der Waals surface area contributed by atoms with Crippen LogP contribution in [0.15, 0.2) is 60.3 Å². The van der Waals surface area contributed by atoms with Crippen molar-refractivity contribution < 1.29 is 0 Å². The van der Waals surface area contributed by atoms with Crippen molar-refractivity contribution in [2.45, 2.75) is 58.8 Å². The van der Waals surface area contributed by atoms with Crippen LogP contribution in [0.2, 0.25) is 0 Å². The van der Waals surface area contributed by atoms with Crippen molar-refractivity contribution in [2.75, 3.05) is 0 Å². The van der Waals surface area contributed by atoms with Crippen LogP contribution in [-0.2, 0) is 0 Å². The summed E-state index contributed by atoms with van der Waals surface area (Å²) in [6, 6.07) is 0. The molecule has 0 aromatic carbocycles. The number of hydrogen-bond donors (Lipinski definition) is 0. The van der Waals surface area contributed by atoms with Crippen LogP contribution in [0.4, 0.5) is 0 Å². The molecule has 1 atom stereocenters. The van der Waals surface area contributed by atoms with Crippen LogP contribution in [-0.4, -0.2) is 0 Å². The maximum absolute atomic E-state index is 4.26. The molecule has 1 saturated carbocycles. The zero-order chi connectivity index (χ0) is 15.9. The maximum atomic E-state index is 4.26. The van der Waals surface area contributed by atoms with Gasteiger partial charge in [-0.15, -0.1) is 0 Å². The maximum Gasteiger partial charge on any atom is -0.0168 e. The largest absolute Gasteiger partial charge is 0.0961 e. The average Bonchev–Trinajstić information content (AvgIpc) is 2.52. The van der Waals surface area contributed by atoms with E-state index >= 15 is 0 Å². The lowest BCUT2D eigenvalue weighted by Gasteiger charge is -2.30. The summed E-state index contributed by atoms with van der Waals surface area (Å²) >= 11 is 0. The zero-order valence-electron chi connectivity index (χ0n) is 14.5. The van der Waals surface area contributed by atoms with Gasteiger partial charge in [0.15, 0.2) is 0 Å². The molecular formula is C22H32. The highest BCUT2D eigenvalue weighted by molar-refractivity contribution is 5.25. The van der Waals surface area contributed by atoms with E-state index < -0.39 is 0 Å². The molecular weight excluding hydrogens is 264 g/mol. The molecule has 1 unspecified atom stereocenters. The third-order valence-corrected chi connectivity index (χ3v) is 5.27. The van der Waals surface area contributed by atoms with Gasteiger partial charge < -0.3 is 0 Å². The molecule has 2 aliphatic carbocycles. The molecule has 0 amide bonds. The number of allylic oxidation sites excluding steroid dienone is 8. The highest BCUT2D eigenvalue weighted by atomic mass is 14.3. The molecule has 0 N–H and O–H groups in total. The second-order valence-corrected chi connectivity index (χ2v) is 7.35. The van der Waals surface area contributed by atoms with Gasteiger partial charge in [0, 0.05) is 0 Å². The van der Waals surface area contributed by atoms with Crippen molar-refractivity contribution in [1.29, 1.82) is 0 Å². The Balaban J connectivity index is 1.68. The van der Waals surface area contributed by atoms with E-state index in [1.165, 1.54) is 56.1 Å². The van der Waals surface area contributed by atoms with Crippen molar-refractivity contribution in [3.8, 4) is 0 Å². The molecule has 0 radical (unpaired) electrons. The Morgan fingerprint density at radius 3 is 2.45 bits per heavy atom. The van der Waals surface area contributed by atoms with Crippen molar-refractivity contribution in [2.24, 2.45) is 17.8 Å². The highest BCUT2D eigenvalue weighted by Gasteiger charge is 2.22. The van der Waals surface area contributed by atoms with Gasteiger partial charge in [-0.3, -0.25) is 0 Å². The first kappa shape index (κ1) is 17.1. The monoisotopic (exact) mass is 296 g/mol. The third-order valence-electron chi connectivity index (χ3n) is 5.27. The normalized spacial score (nSPS) is 28.6. The lowest BCUT2D eigenvalue weighted by atomic mass is 9.76. The molecule has 0 nitrogen and oxygen atoms in total. The Morgan fingerprint density at radius 1 is 1.14 bits per heavy atom. The molecule has 0 spiro atoms. The van der Waals surface area contributed by atoms with E-state index in [4.69, 9.17) is 0 Å². The summed E-state index contributed by atoms with van der Waals surface area (Å²) in [4.78, 5) is 0. The molecule has 0 saturated heterocycles. The molecule has 0 heterocycles. The summed E-state index contributed by atoms with van der Waals surface area (Å²) in [5.41, 5.74) is 3.84. The Kier molecular flexibility index (Phi) is 6.49. The summed E-state index contributed by atoms with van der Waals surface area (Å²) < 4.78 is 0. The van der Waals surface area contributed by atoms with Crippen LogP contribution >= 0.6 is 0 Å². The van der Waals surface area contributed by atoms with E-state index in [1.54, 1.807) is 0 Å². The zero-order valence-corrected chi connectivity index (χ0v) is 14.5. The standard InChI is InChI=1S/C22H32/c1-17(2)5-8-19(4)22-15-13-21(14-16-22)12-11-20-9-6-18(3)7-10-20/h5-9,20-22H,1,4,10-16H2,2-3H3/b8-5-. The summed E-state index contributed by atoms with van der Waals surface area (Å²) in [6.45, 7) is 12.4. The van der Waals surface area contributed by atoms with Gasteiger partial charge in [-0.05, 0) is 76.5 Å². The average molecular weight is 296 g/mol. The predicted octanol–water partition coefficient (Wildman–Crippen LogP) is 6.78. The third kappa shape index (κ3) is 5.48. The second kappa shape index (κ2) is 8.36. The molecule has 0 heteroatoms. The van der Waals surface area contributed by atoms with Crippen molar-refractivity contribution in [3.63, 3.8) is 0 Å². The highest BCUT2D eigenvalue weighted by Crippen LogP contribution is 2.36. The lowest BCUT2D eigenvalue weighted by molar-refractivity contribution is 0.278. The molecule has 0 aromatic rings. The Bertz CT molecular complexity index is 478. The first-order valence-corrected chi connectivity index (χ1v) is 8.92. The van der Waals surface area contributed by atoms with Gasteiger partial charge in [-0.25, -0.2) is 0 Å². The van der Waals surface area contributed by atoms with E-state index in [-0.39, 0.29) is 0 Å². The summed E-state index contributed by atoms with van der Waals surface area (Å²) in [7, 11) is 0. The van der Waals surface area contributed by atoms with Crippen LogP contribution in [0.1, 0.15) is 58.8 Å². The van der Waals surface area contributed by atoms with Crippen LogP contribution in [0.5, 0.6) is 0 Å². The van der Waals surface area contributed by atoms with Crippen LogP contribution in [0.3, 0.4) is 0 Å². The Labute approximate surface area is 137 Å². The molecule has 2 aliphatic rings. The van der Waals surface area contributed by atoms with E-state index in [0.717, 1.165) is 17.4 Å². The van der Waals surface area contributed by atoms with Gasteiger partial charge >= 0.3 is 0 Å². The van der Waals surface area contributed by atoms with Gasteiger partial charge in [0.1, 0.15) is 0 Å². The second-order valence-electron chi connectivity index (χ2n) is 7.35. The molecule has 1 fully saturated rings. The van der Waals surface area contributed by atoms with E-state index in [0.29, 0.717) is 5.92 Å². The molecule has 22 heavy (non-hydrogen) atoms. The number of hydrogen-bond acceptors (Lipinski definition) is 0. The van der Waals surface area contributed by atoms with Crippen molar-refractivity contribution in [1.82, 2.24) is 0 Å². The fraction of sp³-hybridized carbons (Fsp3) is 0.545. The topological polar surface area (TPSA) is 0 Å². The van der Waals surface area contributed by atoms with Gasteiger partial charge in [-0.1, -0.05) is 60.3 Å². The van der Waals surface area contributed by atoms with Gasteiger partial charge in [-0.2, -0.15) is 0 Å². The van der Waals surface area contributed by atoms with Crippen LogP contribution in [0.25, 0.3) is 0 Å². The molecule has 0 aromatic heterocycles. The molecule has 0 bridgehead atoms. The lowest BCUT2D eigenvalue weighted by Crippen LogP contribution is -2.16. The van der Waals surface area contributed by atoms with Gasteiger partial charge in [0.05, 0.1) is 0 Å². The smallest absolute Gasteiger partial charge is 0.0168 e. The fourth-order valence-electron chi connectivity index (χ4n) is 3.64. The number of rotatable bonds is 6. The minimum atomic E-state index is 0.701. The van der Waals surface area contributed by atoms with E-state index in [1.807, 2.05) is 6.92 Å². The first-order valence-electron chi connectivity index (χ1n) is 8.92. The van der Waals surface area contributed by atoms with Crippen LogP contribution < -0.4 is 0 Å². The van der Waals surface area contributed by atoms with E-state index in [2.05, 4.69) is 50.5 Å². The van der Waals surface area contributed by atoms with Gasteiger partial charge in [0.25, 0.3) is 0 Å². The fourth-order valence-corrected chi connectivity index (χ4v) is 3.64. The molecule has 0 aliphatic heterocycles.